The number of hydrogen-bond donors (Lipinski definition) is 3. The van der Waals surface area contributed by atoms with Gasteiger partial charge in [0.2, 0.25) is 0 Å². The summed E-state index contributed by atoms with van der Waals surface area (Å²) in [7, 11) is 0. The Morgan fingerprint density at radius 1 is 1.04 bits per heavy atom. The third-order valence-electron chi connectivity index (χ3n) is 4.05. The zero-order valence-corrected chi connectivity index (χ0v) is 13.2. The molecule has 0 saturated carbocycles. The molecule has 130 valence electrons. The highest BCUT2D eigenvalue weighted by Gasteiger charge is 2.38. The molecule has 3 rings (SSSR count). The monoisotopic (exact) mass is 348 g/mol. The van der Waals surface area contributed by atoms with Gasteiger partial charge in [-0.2, -0.15) is 13.2 Å². The van der Waals surface area contributed by atoms with E-state index in [1.807, 2.05) is 0 Å². The Labute approximate surface area is 142 Å². The molecule has 0 fully saturated rings. The van der Waals surface area contributed by atoms with E-state index in [0.29, 0.717) is 11.4 Å². The summed E-state index contributed by atoms with van der Waals surface area (Å²) in [6.45, 7) is 1.54. The topological polar surface area (TPSA) is 61.4 Å². The molecular formula is C18H15F3N2O2. The summed E-state index contributed by atoms with van der Waals surface area (Å²) in [6.07, 6.45) is -4.59. The molecule has 1 aliphatic heterocycles. The van der Waals surface area contributed by atoms with Crippen LogP contribution in [0.3, 0.4) is 0 Å². The smallest absolute Gasteiger partial charge is 0.416 e. The van der Waals surface area contributed by atoms with E-state index in [1.54, 1.807) is 24.3 Å². The minimum atomic E-state index is -4.59. The molecule has 1 heterocycles. The van der Waals surface area contributed by atoms with Gasteiger partial charge in [0.15, 0.2) is 0 Å². The van der Waals surface area contributed by atoms with E-state index in [4.69, 9.17) is 0 Å². The van der Waals surface area contributed by atoms with Crippen molar-refractivity contribution in [3.8, 4) is 0 Å². The Hall–Kier alpha value is -2.96. The predicted molar refractivity (Wildman–Crippen MR) is 88.2 cm³/mol. The van der Waals surface area contributed by atoms with Crippen LogP contribution in [0.25, 0.3) is 0 Å². The fourth-order valence-electron chi connectivity index (χ4n) is 2.96. The van der Waals surface area contributed by atoms with Crippen molar-refractivity contribution in [3.63, 3.8) is 0 Å². The Morgan fingerprint density at radius 3 is 2.28 bits per heavy atom. The molecule has 0 radical (unpaired) electrons. The minimum absolute atomic E-state index is 0.134. The summed E-state index contributed by atoms with van der Waals surface area (Å²) in [5, 5.41) is 15.5. The van der Waals surface area contributed by atoms with Crippen LogP contribution in [-0.4, -0.2) is 11.1 Å². The van der Waals surface area contributed by atoms with E-state index in [-0.39, 0.29) is 16.8 Å². The highest BCUT2D eigenvalue weighted by Crippen LogP contribution is 2.41. The van der Waals surface area contributed by atoms with Gasteiger partial charge in [0.1, 0.15) is 0 Å². The Kier molecular flexibility index (Phi) is 4.16. The summed E-state index contributed by atoms with van der Waals surface area (Å²) < 4.78 is 40.3. The van der Waals surface area contributed by atoms with Gasteiger partial charge in [-0.25, -0.2) is 4.79 Å². The number of para-hydroxylation sites is 2. The molecule has 0 amide bonds. The van der Waals surface area contributed by atoms with Crippen LogP contribution in [0.4, 0.5) is 24.5 Å². The number of carboxylic acids is 1. The number of fused-ring (bicyclic) bond motifs is 1. The standard InChI is InChI=1S/C18H15F3N2O2/c1-10-15(17(24)25)16(23-14-9-5-4-8-13(14)22-10)11-6-2-3-7-12(11)18(19,20)21/h2-9,16,22-23H,1H3,(H,24,25). The lowest BCUT2D eigenvalue weighted by Gasteiger charge is -2.23. The lowest BCUT2D eigenvalue weighted by atomic mass is 9.92. The third kappa shape index (κ3) is 3.17. The van der Waals surface area contributed by atoms with E-state index >= 15 is 0 Å². The molecule has 1 unspecified atom stereocenters. The van der Waals surface area contributed by atoms with Gasteiger partial charge in [0.05, 0.1) is 28.6 Å². The van der Waals surface area contributed by atoms with E-state index in [1.165, 1.54) is 25.1 Å². The van der Waals surface area contributed by atoms with E-state index in [9.17, 15) is 23.1 Å². The number of aliphatic carboxylic acids is 1. The zero-order chi connectivity index (χ0) is 18.2. The first-order chi connectivity index (χ1) is 11.8. The average Bonchev–Trinajstić information content (AvgIpc) is 2.69. The maximum absolute atomic E-state index is 13.4. The highest BCUT2D eigenvalue weighted by atomic mass is 19.4. The lowest BCUT2D eigenvalue weighted by molar-refractivity contribution is -0.139. The molecule has 0 saturated heterocycles. The number of rotatable bonds is 2. The molecule has 7 heteroatoms. The number of hydrogen-bond acceptors (Lipinski definition) is 3. The van der Waals surface area contributed by atoms with Gasteiger partial charge in [-0.05, 0) is 30.7 Å². The molecule has 1 aliphatic rings. The molecule has 0 spiro atoms. The van der Waals surface area contributed by atoms with Crippen LogP contribution >= 0.6 is 0 Å². The van der Waals surface area contributed by atoms with Crippen molar-refractivity contribution in [2.45, 2.75) is 19.1 Å². The summed E-state index contributed by atoms with van der Waals surface area (Å²) in [5.74, 6) is -1.28. The number of alkyl halides is 3. The molecule has 2 aromatic carbocycles. The maximum atomic E-state index is 13.4. The van der Waals surface area contributed by atoms with E-state index in [2.05, 4.69) is 10.6 Å². The fraction of sp³-hybridized carbons (Fsp3) is 0.167. The van der Waals surface area contributed by atoms with Crippen LogP contribution < -0.4 is 10.6 Å². The lowest BCUT2D eigenvalue weighted by Crippen LogP contribution is -2.23. The predicted octanol–water partition coefficient (Wildman–Crippen LogP) is 4.64. The van der Waals surface area contributed by atoms with Crippen LogP contribution in [0.5, 0.6) is 0 Å². The second kappa shape index (κ2) is 6.16. The van der Waals surface area contributed by atoms with Crippen LogP contribution in [-0.2, 0) is 11.0 Å². The zero-order valence-electron chi connectivity index (χ0n) is 13.2. The van der Waals surface area contributed by atoms with Gasteiger partial charge in [-0.1, -0.05) is 30.3 Å². The summed E-state index contributed by atoms with van der Waals surface area (Å²) in [4.78, 5) is 11.8. The Balaban J connectivity index is 2.23. The van der Waals surface area contributed by atoms with Crippen molar-refractivity contribution < 1.29 is 23.1 Å². The fourth-order valence-corrected chi connectivity index (χ4v) is 2.96. The third-order valence-corrected chi connectivity index (χ3v) is 4.05. The van der Waals surface area contributed by atoms with Crippen molar-refractivity contribution in [1.29, 1.82) is 0 Å². The normalized spacial score (nSPS) is 17.2. The van der Waals surface area contributed by atoms with Crippen molar-refractivity contribution in [3.05, 3.63) is 70.9 Å². The molecule has 4 nitrogen and oxygen atoms in total. The Bertz CT molecular complexity index is 859. The van der Waals surface area contributed by atoms with Gasteiger partial charge in [-0.3, -0.25) is 0 Å². The highest BCUT2D eigenvalue weighted by molar-refractivity contribution is 5.92. The number of benzene rings is 2. The van der Waals surface area contributed by atoms with Gasteiger partial charge in [0.25, 0.3) is 0 Å². The number of allylic oxidation sites excluding steroid dienone is 1. The average molecular weight is 348 g/mol. The first-order valence-corrected chi connectivity index (χ1v) is 7.52. The molecule has 3 N–H and O–H groups in total. The van der Waals surface area contributed by atoms with Crippen molar-refractivity contribution in [2.24, 2.45) is 0 Å². The maximum Gasteiger partial charge on any atom is 0.416 e. The van der Waals surface area contributed by atoms with Crippen molar-refractivity contribution in [1.82, 2.24) is 0 Å². The van der Waals surface area contributed by atoms with E-state index in [0.717, 1.165) is 6.07 Å². The number of carbonyl (C=O) groups is 1. The van der Waals surface area contributed by atoms with E-state index < -0.39 is 23.8 Å². The molecular weight excluding hydrogens is 333 g/mol. The van der Waals surface area contributed by atoms with Gasteiger partial charge in [-0.15, -0.1) is 0 Å². The molecule has 0 bridgehead atoms. The quantitative estimate of drug-likeness (QED) is 0.740. The summed E-state index contributed by atoms with van der Waals surface area (Å²) in [5.41, 5.74) is 0.259. The second-order valence-electron chi connectivity index (χ2n) is 5.68. The van der Waals surface area contributed by atoms with Gasteiger partial charge >= 0.3 is 12.1 Å². The summed E-state index contributed by atoms with van der Waals surface area (Å²) in [6, 6.07) is 10.7. The number of carboxylic acid groups (broad SMARTS) is 1. The van der Waals surface area contributed by atoms with Crippen LogP contribution in [0.1, 0.15) is 24.1 Å². The second-order valence-corrected chi connectivity index (χ2v) is 5.68. The molecule has 25 heavy (non-hydrogen) atoms. The van der Waals surface area contributed by atoms with Crippen LogP contribution in [0.2, 0.25) is 0 Å². The van der Waals surface area contributed by atoms with Crippen molar-refractivity contribution in [2.75, 3.05) is 10.6 Å². The Morgan fingerprint density at radius 2 is 1.64 bits per heavy atom. The molecule has 1 atom stereocenters. The largest absolute Gasteiger partial charge is 0.478 e. The van der Waals surface area contributed by atoms with Gasteiger partial charge < -0.3 is 15.7 Å². The first-order valence-electron chi connectivity index (χ1n) is 7.52. The molecule has 2 aromatic rings. The van der Waals surface area contributed by atoms with Gasteiger partial charge in [0, 0.05) is 5.70 Å². The number of nitrogens with one attached hydrogen (secondary N) is 2. The number of halogens is 3. The molecule has 0 aromatic heterocycles. The summed E-state index contributed by atoms with van der Waals surface area (Å²) >= 11 is 0. The molecule has 0 aliphatic carbocycles. The SMILES string of the molecule is CC1=C(C(=O)O)C(c2ccccc2C(F)(F)F)Nc2ccccc2N1. The minimum Gasteiger partial charge on any atom is -0.478 e. The number of anilines is 2. The van der Waals surface area contributed by atoms with Crippen LogP contribution in [0.15, 0.2) is 59.8 Å². The van der Waals surface area contributed by atoms with Crippen LogP contribution in [0, 0.1) is 0 Å². The first kappa shape index (κ1) is 16.9. The van der Waals surface area contributed by atoms with Crippen molar-refractivity contribution >= 4 is 17.3 Å².